The number of carbonyl (C=O) groups excluding carboxylic acids is 1. The molecule has 2 atom stereocenters. The summed E-state index contributed by atoms with van der Waals surface area (Å²) >= 11 is 2.13. The summed E-state index contributed by atoms with van der Waals surface area (Å²) in [6, 6.07) is 10.5. The molecule has 188 valence electrons. The zero-order valence-electron chi connectivity index (χ0n) is 18.1. The first-order chi connectivity index (χ1) is 17.3. The van der Waals surface area contributed by atoms with Crippen LogP contribution >= 0.6 is 31.3 Å². The van der Waals surface area contributed by atoms with Gasteiger partial charge in [-0.2, -0.15) is 17.5 Å². The summed E-state index contributed by atoms with van der Waals surface area (Å²) in [5.41, 5.74) is 4.13. The molecular formula is C20H17N4O9PS2. The number of aliphatic hydroxyl groups is 1. The minimum Gasteiger partial charge on any atom is -0.485 e. The molecule has 2 aromatic heterocycles. The highest BCUT2D eigenvalue weighted by molar-refractivity contribution is 7.46. The lowest BCUT2D eigenvalue weighted by molar-refractivity contribution is -0.148. The molecule has 36 heavy (non-hydrogen) atoms. The number of hydrogen-bond donors (Lipinski definition) is 3. The van der Waals surface area contributed by atoms with Crippen LogP contribution in [0.5, 0.6) is 0 Å². The van der Waals surface area contributed by atoms with Crippen molar-refractivity contribution in [2.75, 3.05) is 6.61 Å². The number of fused-ring (bicyclic) bond motifs is 2. The van der Waals surface area contributed by atoms with Crippen molar-refractivity contribution in [1.82, 2.24) is 17.5 Å². The Hall–Kier alpha value is -3.04. The summed E-state index contributed by atoms with van der Waals surface area (Å²) in [4.78, 5) is 31.1. The van der Waals surface area contributed by atoms with E-state index in [1.165, 1.54) is 0 Å². The van der Waals surface area contributed by atoms with Crippen molar-refractivity contribution in [1.29, 1.82) is 0 Å². The maximum absolute atomic E-state index is 12.7. The number of hydrogen-bond acceptors (Lipinski definition) is 13. The molecular weight excluding hydrogens is 535 g/mol. The smallest absolute Gasteiger partial charge is 0.470 e. The van der Waals surface area contributed by atoms with E-state index in [-0.39, 0.29) is 24.7 Å². The largest absolute Gasteiger partial charge is 0.485 e. The van der Waals surface area contributed by atoms with E-state index in [1.807, 2.05) is 0 Å². The molecule has 0 fully saturated rings. The molecule has 1 aliphatic heterocycles. The van der Waals surface area contributed by atoms with Gasteiger partial charge in [-0.25, -0.2) is 9.36 Å². The number of phosphoric ester groups is 1. The molecule has 0 unspecified atom stereocenters. The first-order valence-corrected chi connectivity index (χ1v) is 13.3. The predicted molar refractivity (Wildman–Crippen MR) is 125 cm³/mol. The summed E-state index contributed by atoms with van der Waals surface area (Å²) in [7, 11) is -5.03. The van der Waals surface area contributed by atoms with Crippen molar-refractivity contribution in [3.8, 4) is 0 Å². The first kappa shape index (κ1) is 24.6. The molecule has 0 aliphatic carbocycles. The fraction of sp³-hybridized carbons (Fsp3) is 0.250. The molecule has 0 spiro atoms. The molecule has 0 saturated carbocycles. The molecule has 0 bridgehead atoms. The van der Waals surface area contributed by atoms with Crippen LogP contribution in [0.2, 0.25) is 0 Å². The van der Waals surface area contributed by atoms with Crippen LogP contribution in [0.15, 0.2) is 47.9 Å². The van der Waals surface area contributed by atoms with Gasteiger partial charge in [0, 0.05) is 0 Å². The highest BCUT2D eigenvalue weighted by atomic mass is 32.1. The van der Waals surface area contributed by atoms with Crippen LogP contribution in [-0.2, 0) is 41.3 Å². The molecule has 2 aromatic carbocycles. The van der Waals surface area contributed by atoms with Crippen LogP contribution < -0.4 is 0 Å². The number of esters is 1. The number of phosphoric acid groups is 1. The SMILES string of the molecule is O=C1O[C@H]([C@H](CO)OP(=O)(O)O)C(OCc2ccc3nsnc3c2)=C1OCc1ccc2nsnc2c1. The standard InChI is InChI=1S/C20H17N4O9PS2/c25-7-16(33-34(27,28)29)17-18(30-8-10-1-3-12-14(5-10)23-35-21-12)19(20(26)32-17)31-9-11-2-4-13-15(6-11)24-36-22-13/h1-6,16-17,25H,7-9H2,(H2,27,28,29)/t16-,17+/m0/s1. The number of aliphatic hydroxyl groups excluding tert-OH is 1. The van der Waals surface area contributed by atoms with Crippen LogP contribution in [0.4, 0.5) is 0 Å². The Bertz CT molecular complexity index is 1500. The van der Waals surface area contributed by atoms with Crippen LogP contribution in [0.1, 0.15) is 11.1 Å². The van der Waals surface area contributed by atoms with Gasteiger partial charge in [-0.3, -0.25) is 4.52 Å². The number of carbonyl (C=O) groups is 1. The lowest BCUT2D eigenvalue weighted by atomic mass is 10.1. The van der Waals surface area contributed by atoms with Crippen LogP contribution in [0, 0.1) is 0 Å². The van der Waals surface area contributed by atoms with Crippen molar-refractivity contribution < 1.29 is 43.0 Å². The Morgan fingerprint density at radius 3 is 2.03 bits per heavy atom. The van der Waals surface area contributed by atoms with Gasteiger partial charge < -0.3 is 29.1 Å². The van der Waals surface area contributed by atoms with E-state index in [4.69, 9.17) is 14.2 Å². The summed E-state index contributed by atoms with van der Waals surface area (Å²) in [5.74, 6) is -1.40. The maximum atomic E-state index is 12.7. The third-order valence-electron chi connectivity index (χ3n) is 5.11. The number of nitrogens with zero attached hydrogens (tertiary/aromatic N) is 4. The third kappa shape index (κ3) is 5.37. The van der Waals surface area contributed by atoms with Gasteiger partial charge >= 0.3 is 13.8 Å². The Kier molecular flexibility index (Phi) is 6.94. The number of benzene rings is 2. The first-order valence-electron chi connectivity index (χ1n) is 10.3. The summed E-state index contributed by atoms with van der Waals surface area (Å²) in [6.07, 6.45) is -3.06. The monoisotopic (exact) mass is 552 g/mol. The van der Waals surface area contributed by atoms with Gasteiger partial charge in [0.15, 0.2) is 11.9 Å². The van der Waals surface area contributed by atoms with Gasteiger partial charge in [0.2, 0.25) is 5.76 Å². The zero-order chi connectivity index (χ0) is 25.3. The second-order valence-corrected chi connectivity index (χ2v) is 9.84. The number of ether oxygens (including phenoxy) is 3. The minimum atomic E-state index is -5.03. The second-order valence-electron chi connectivity index (χ2n) is 7.59. The van der Waals surface area contributed by atoms with Gasteiger partial charge in [0.05, 0.1) is 30.1 Å². The van der Waals surface area contributed by atoms with Gasteiger partial charge in [-0.05, 0) is 35.4 Å². The summed E-state index contributed by atoms with van der Waals surface area (Å²) < 4.78 is 49.5. The minimum absolute atomic E-state index is 0.0585. The fourth-order valence-electron chi connectivity index (χ4n) is 3.49. The quantitative estimate of drug-likeness (QED) is 0.192. The van der Waals surface area contributed by atoms with Crippen molar-refractivity contribution in [3.05, 3.63) is 59.0 Å². The Labute approximate surface area is 210 Å². The molecule has 0 amide bonds. The normalized spacial score (nSPS) is 17.1. The van der Waals surface area contributed by atoms with Crippen LogP contribution in [0.3, 0.4) is 0 Å². The molecule has 13 nitrogen and oxygen atoms in total. The Morgan fingerprint density at radius 2 is 1.47 bits per heavy atom. The topological polar surface area (TPSA) is 183 Å². The number of cyclic esters (lactones) is 1. The molecule has 0 saturated heterocycles. The molecule has 16 heteroatoms. The van der Waals surface area contributed by atoms with E-state index >= 15 is 0 Å². The summed E-state index contributed by atoms with van der Waals surface area (Å²) in [6.45, 7) is -0.989. The van der Waals surface area contributed by atoms with Gasteiger partial charge in [-0.15, -0.1) is 0 Å². The average molecular weight is 552 g/mol. The van der Waals surface area contributed by atoms with Gasteiger partial charge in [0.1, 0.15) is 41.4 Å². The molecule has 0 radical (unpaired) electrons. The van der Waals surface area contributed by atoms with E-state index in [0.29, 0.717) is 27.7 Å². The second kappa shape index (κ2) is 10.1. The zero-order valence-corrected chi connectivity index (χ0v) is 20.6. The third-order valence-corrected chi connectivity index (χ3v) is 6.76. The Balaban J connectivity index is 1.42. The molecule has 1 aliphatic rings. The van der Waals surface area contributed by atoms with E-state index in [1.54, 1.807) is 36.4 Å². The van der Waals surface area contributed by atoms with Gasteiger partial charge in [0.25, 0.3) is 0 Å². The number of aromatic nitrogens is 4. The average Bonchev–Trinajstić information content (AvgIpc) is 3.57. The highest BCUT2D eigenvalue weighted by Crippen LogP contribution is 2.41. The van der Waals surface area contributed by atoms with Crippen molar-refractivity contribution >= 4 is 59.3 Å². The van der Waals surface area contributed by atoms with E-state index in [0.717, 1.165) is 29.0 Å². The van der Waals surface area contributed by atoms with Crippen LogP contribution in [-0.4, -0.2) is 57.2 Å². The summed E-state index contributed by atoms with van der Waals surface area (Å²) in [5, 5.41) is 9.70. The number of rotatable bonds is 10. The van der Waals surface area contributed by atoms with E-state index in [2.05, 4.69) is 22.0 Å². The van der Waals surface area contributed by atoms with Crippen molar-refractivity contribution in [2.45, 2.75) is 25.4 Å². The lowest BCUT2D eigenvalue weighted by Crippen LogP contribution is -2.34. The molecule has 3 N–H and O–H groups in total. The van der Waals surface area contributed by atoms with E-state index < -0.39 is 32.6 Å². The van der Waals surface area contributed by atoms with Crippen molar-refractivity contribution in [3.63, 3.8) is 0 Å². The highest BCUT2D eigenvalue weighted by Gasteiger charge is 2.45. The maximum Gasteiger partial charge on any atom is 0.470 e. The molecule has 5 rings (SSSR count). The van der Waals surface area contributed by atoms with Gasteiger partial charge in [-0.1, -0.05) is 12.1 Å². The predicted octanol–water partition coefficient (Wildman–Crippen LogP) is 2.04. The fourth-order valence-corrected chi connectivity index (χ4v) is 5.05. The van der Waals surface area contributed by atoms with E-state index in [9.17, 15) is 24.3 Å². The Morgan fingerprint density at radius 1 is 0.917 bits per heavy atom. The van der Waals surface area contributed by atoms with Crippen LogP contribution in [0.25, 0.3) is 22.1 Å². The molecule has 4 aromatic rings. The van der Waals surface area contributed by atoms with Crippen molar-refractivity contribution in [2.24, 2.45) is 0 Å². The molecule has 3 heterocycles. The lowest BCUT2D eigenvalue weighted by Gasteiger charge is -2.23.